The minimum Gasteiger partial charge on any atom is -0.340 e. The van der Waals surface area contributed by atoms with Crippen LogP contribution in [0, 0.1) is 18.8 Å². The van der Waals surface area contributed by atoms with Crippen molar-refractivity contribution in [2.24, 2.45) is 18.9 Å². The van der Waals surface area contributed by atoms with Crippen molar-refractivity contribution in [1.82, 2.24) is 19.7 Å². The Kier molecular flexibility index (Phi) is 3.28. The highest BCUT2D eigenvalue weighted by Gasteiger charge is 2.44. The summed E-state index contributed by atoms with van der Waals surface area (Å²) in [5.74, 6) is 1.34. The van der Waals surface area contributed by atoms with Crippen LogP contribution in [-0.4, -0.2) is 45.3 Å². The normalized spacial score (nSPS) is 24.2. The molecule has 2 aromatic rings. The maximum Gasteiger partial charge on any atom is 0.232 e. The van der Waals surface area contributed by atoms with Crippen molar-refractivity contribution < 1.29 is 4.79 Å². The van der Waals surface area contributed by atoms with Gasteiger partial charge in [-0.3, -0.25) is 9.48 Å². The van der Waals surface area contributed by atoms with E-state index in [9.17, 15) is 4.79 Å². The highest BCUT2D eigenvalue weighted by Crippen LogP contribution is 2.35. The molecule has 0 aliphatic carbocycles. The Labute approximate surface area is 134 Å². The lowest BCUT2D eigenvalue weighted by Gasteiger charge is -2.32. The number of hydrogen-bond acceptors (Lipinski definition) is 5. The summed E-state index contributed by atoms with van der Waals surface area (Å²) < 4.78 is 1.73. The third-order valence-electron chi connectivity index (χ3n) is 4.80. The number of nitrogens with zero attached hydrogens (tertiary/aromatic N) is 6. The summed E-state index contributed by atoms with van der Waals surface area (Å²) in [4.78, 5) is 25.7. The summed E-state index contributed by atoms with van der Waals surface area (Å²) in [5.41, 5.74) is 1.94. The molecule has 2 aliphatic heterocycles. The maximum atomic E-state index is 12.9. The molecule has 0 spiro atoms. The first-order valence-corrected chi connectivity index (χ1v) is 7.95. The molecule has 7 nitrogen and oxygen atoms in total. The van der Waals surface area contributed by atoms with Crippen LogP contribution in [0.4, 0.5) is 11.6 Å². The molecule has 120 valence electrons. The van der Waals surface area contributed by atoms with Crippen LogP contribution in [0.5, 0.6) is 0 Å². The number of rotatable bonds is 2. The SMILES string of the molecule is Cc1cnc(N2C[C@@H]3CCN(c4cnn(C)c4)C(=O)[C@@H]3C2)nc1. The molecule has 4 heterocycles. The Bertz CT molecular complexity index is 724. The maximum absolute atomic E-state index is 12.9. The first kappa shape index (κ1) is 14.2. The van der Waals surface area contributed by atoms with Crippen molar-refractivity contribution >= 4 is 17.5 Å². The predicted molar refractivity (Wildman–Crippen MR) is 86.1 cm³/mol. The Morgan fingerprint density at radius 2 is 1.96 bits per heavy atom. The van der Waals surface area contributed by atoms with Crippen LogP contribution in [0.2, 0.25) is 0 Å². The van der Waals surface area contributed by atoms with Gasteiger partial charge in [0.05, 0.1) is 17.8 Å². The van der Waals surface area contributed by atoms with Gasteiger partial charge in [-0.05, 0) is 24.8 Å². The molecule has 0 N–H and O–H groups in total. The second kappa shape index (κ2) is 5.33. The lowest BCUT2D eigenvalue weighted by atomic mass is 9.88. The average molecular weight is 312 g/mol. The number of carbonyl (C=O) groups is 1. The van der Waals surface area contributed by atoms with E-state index in [0.29, 0.717) is 12.5 Å². The Morgan fingerprint density at radius 3 is 2.65 bits per heavy atom. The molecule has 0 aromatic carbocycles. The van der Waals surface area contributed by atoms with Crippen molar-refractivity contribution in [1.29, 1.82) is 0 Å². The van der Waals surface area contributed by atoms with Crippen LogP contribution >= 0.6 is 0 Å². The van der Waals surface area contributed by atoms with Crippen molar-refractivity contribution in [3.05, 3.63) is 30.4 Å². The lowest BCUT2D eigenvalue weighted by Crippen LogP contribution is -2.45. The zero-order valence-corrected chi connectivity index (χ0v) is 13.4. The summed E-state index contributed by atoms with van der Waals surface area (Å²) in [6, 6.07) is 0. The number of aryl methyl sites for hydroxylation is 2. The standard InChI is InChI=1S/C16H20N6O/c1-11-5-17-16(18-6-11)21-8-12-3-4-22(15(23)14(12)10-21)13-7-19-20(2)9-13/h5-7,9,12,14H,3-4,8,10H2,1-2H3/t12-,14+/m0/s1. The van der Waals surface area contributed by atoms with E-state index < -0.39 is 0 Å². The Hall–Kier alpha value is -2.44. The third kappa shape index (κ3) is 2.46. The molecular weight excluding hydrogens is 292 g/mol. The zero-order chi connectivity index (χ0) is 16.0. The van der Waals surface area contributed by atoms with Gasteiger partial charge in [0, 0.05) is 45.3 Å². The Balaban J connectivity index is 1.53. The van der Waals surface area contributed by atoms with Crippen LogP contribution in [0.15, 0.2) is 24.8 Å². The largest absolute Gasteiger partial charge is 0.340 e. The minimum absolute atomic E-state index is 0.0221. The van der Waals surface area contributed by atoms with E-state index in [1.54, 1.807) is 10.9 Å². The van der Waals surface area contributed by atoms with Gasteiger partial charge in [0.2, 0.25) is 11.9 Å². The van der Waals surface area contributed by atoms with Crippen molar-refractivity contribution in [2.45, 2.75) is 13.3 Å². The molecule has 23 heavy (non-hydrogen) atoms. The van der Waals surface area contributed by atoms with Gasteiger partial charge in [-0.25, -0.2) is 9.97 Å². The number of piperidine rings is 1. The molecule has 2 saturated heterocycles. The van der Waals surface area contributed by atoms with Gasteiger partial charge >= 0.3 is 0 Å². The molecule has 4 rings (SSSR count). The first-order chi connectivity index (χ1) is 11.1. The van der Waals surface area contributed by atoms with Crippen LogP contribution in [-0.2, 0) is 11.8 Å². The summed E-state index contributed by atoms with van der Waals surface area (Å²) >= 11 is 0. The van der Waals surface area contributed by atoms with Gasteiger partial charge < -0.3 is 9.80 Å². The second-order valence-corrected chi connectivity index (χ2v) is 6.48. The van der Waals surface area contributed by atoms with Gasteiger partial charge in [-0.1, -0.05) is 0 Å². The van der Waals surface area contributed by atoms with Gasteiger partial charge in [0.15, 0.2) is 0 Å². The fourth-order valence-corrected chi connectivity index (χ4v) is 3.57. The van der Waals surface area contributed by atoms with Gasteiger partial charge in [0.1, 0.15) is 0 Å². The van der Waals surface area contributed by atoms with Crippen LogP contribution in [0.1, 0.15) is 12.0 Å². The molecular formula is C16H20N6O. The van der Waals surface area contributed by atoms with Crippen molar-refractivity contribution in [3.63, 3.8) is 0 Å². The third-order valence-corrected chi connectivity index (χ3v) is 4.80. The van der Waals surface area contributed by atoms with E-state index in [4.69, 9.17) is 0 Å². The van der Waals surface area contributed by atoms with E-state index in [0.717, 1.165) is 36.7 Å². The summed E-state index contributed by atoms with van der Waals surface area (Å²) in [7, 11) is 1.87. The van der Waals surface area contributed by atoms with E-state index >= 15 is 0 Å². The van der Waals surface area contributed by atoms with E-state index in [1.807, 2.05) is 37.5 Å². The molecule has 2 atom stereocenters. The van der Waals surface area contributed by atoms with Crippen LogP contribution in [0.3, 0.4) is 0 Å². The zero-order valence-electron chi connectivity index (χ0n) is 13.4. The number of fused-ring (bicyclic) bond motifs is 1. The topological polar surface area (TPSA) is 67.2 Å². The van der Waals surface area contributed by atoms with E-state index in [1.165, 1.54) is 0 Å². The summed E-state index contributed by atoms with van der Waals surface area (Å²) in [6.07, 6.45) is 8.32. The first-order valence-electron chi connectivity index (χ1n) is 7.95. The molecule has 0 radical (unpaired) electrons. The van der Waals surface area contributed by atoms with Crippen LogP contribution < -0.4 is 9.80 Å². The second-order valence-electron chi connectivity index (χ2n) is 6.48. The molecule has 7 heteroatoms. The van der Waals surface area contributed by atoms with Crippen LogP contribution in [0.25, 0.3) is 0 Å². The molecule has 2 fully saturated rings. The quantitative estimate of drug-likeness (QED) is 0.828. The highest BCUT2D eigenvalue weighted by atomic mass is 16.2. The molecule has 2 aliphatic rings. The molecule has 0 unspecified atom stereocenters. The number of anilines is 2. The average Bonchev–Trinajstić information content (AvgIpc) is 3.15. The summed E-state index contributed by atoms with van der Waals surface area (Å²) in [5, 5.41) is 4.17. The van der Waals surface area contributed by atoms with Crippen molar-refractivity contribution in [2.75, 3.05) is 29.4 Å². The Morgan fingerprint density at radius 1 is 1.17 bits per heavy atom. The van der Waals surface area contributed by atoms with E-state index in [-0.39, 0.29) is 11.8 Å². The smallest absolute Gasteiger partial charge is 0.232 e. The minimum atomic E-state index is 0.0221. The molecule has 1 amide bonds. The number of aromatic nitrogens is 4. The monoisotopic (exact) mass is 312 g/mol. The van der Waals surface area contributed by atoms with Gasteiger partial charge in [-0.2, -0.15) is 5.10 Å². The number of amides is 1. The molecule has 2 aromatic heterocycles. The fraction of sp³-hybridized carbons (Fsp3) is 0.500. The molecule has 0 bridgehead atoms. The van der Waals surface area contributed by atoms with Gasteiger partial charge in [0.25, 0.3) is 0 Å². The summed E-state index contributed by atoms with van der Waals surface area (Å²) in [6.45, 7) is 4.29. The highest BCUT2D eigenvalue weighted by molar-refractivity contribution is 5.96. The number of carbonyl (C=O) groups excluding carboxylic acids is 1. The molecule has 0 saturated carbocycles. The predicted octanol–water partition coefficient (Wildman–Crippen LogP) is 1.01. The van der Waals surface area contributed by atoms with E-state index in [2.05, 4.69) is 20.0 Å². The van der Waals surface area contributed by atoms with Crippen molar-refractivity contribution in [3.8, 4) is 0 Å². The van der Waals surface area contributed by atoms with Gasteiger partial charge in [-0.15, -0.1) is 0 Å². The lowest BCUT2D eigenvalue weighted by molar-refractivity contribution is -0.124. The number of hydrogen-bond donors (Lipinski definition) is 0. The fourth-order valence-electron chi connectivity index (χ4n) is 3.57.